The second-order valence-electron chi connectivity index (χ2n) is 8.04. The Labute approximate surface area is 228 Å². The van der Waals surface area contributed by atoms with Gasteiger partial charge < -0.3 is 4.74 Å². The highest BCUT2D eigenvalue weighted by Crippen LogP contribution is 2.29. The van der Waals surface area contributed by atoms with Gasteiger partial charge in [-0.25, -0.2) is 13.4 Å². The van der Waals surface area contributed by atoms with Crippen molar-refractivity contribution in [3.8, 4) is 22.8 Å². The van der Waals surface area contributed by atoms with Crippen molar-refractivity contribution < 1.29 is 17.9 Å². The van der Waals surface area contributed by atoms with Gasteiger partial charge in [0, 0.05) is 16.0 Å². The van der Waals surface area contributed by atoms with Crippen LogP contribution in [0.15, 0.2) is 113 Å². The first-order valence-corrected chi connectivity index (χ1v) is 14.1. The van der Waals surface area contributed by atoms with Crippen LogP contribution in [0.3, 0.4) is 0 Å². The van der Waals surface area contributed by atoms with Gasteiger partial charge in [-0.05, 0) is 72.8 Å². The molecule has 0 bridgehead atoms. The first kappa shape index (κ1) is 25.5. The van der Waals surface area contributed by atoms with Crippen molar-refractivity contribution in [2.24, 2.45) is 0 Å². The van der Waals surface area contributed by atoms with Crippen molar-refractivity contribution in [3.63, 3.8) is 0 Å². The van der Waals surface area contributed by atoms with Gasteiger partial charge in [0.15, 0.2) is 5.13 Å². The van der Waals surface area contributed by atoms with Crippen molar-refractivity contribution >= 4 is 49.7 Å². The summed E-state index contributed by atoms with van der Waals surface area (Å²) in [6, 6.07) is 29.1. The number of amides is 1. The zero-order chi connectivity index (χ0) is 26.5. The smallest absolute Gasteiger partial charge is 0.261 e. The van der Waals surface area contributed by atoms with E-state index >= 15 is 0 Å². The van der Waals surface area contributed by atoms with Gasteiger partial charge in [-0.15, -0.1) is 11.3 Å². The maximum absolute atomic E-state index is 13.1. The number of nitrogens with zero attached hydrogens (tertiary/aromatic N) is 1. The van der Waals surface area contributed by atoms with Crippen molar-refractivity contribution in [2.45, 2.75) is 4.90 Å². The van der Waals surface area contributed by atoms with Crippen molar-refractivity contribution in [1.82, 2.24) is 4.98 Å². The number of rotatable bonds is 8. The third-order valence-electron chi connectivity index (χ3n) is 5.39. The number of ether oxygens (including phenoxy) is 1. The number of hydrogen-bond donors (Lipinski definition) is 2. The van der Waals surface area contributed by atoms with Crippen molar-refractivity contribution in [1.29, 1.82) is 0 Å². The molecule has 0 saturated heterocycles. The van der Waals surface area contributed by atoms with Crippen molar-refractivity contribution in [2.75, 3.05) is 10.0 Å². The zero-order valence-corrected chi connectivity index (χ0v) is 22.1. The number of halogens is 1. The summed E-state index contributed by atoms with van der Waals surface area (Å²) in [5.74, 6) is 0.947. The van der Waals surface area contributed by atoms with Crippen LogP contribution in [0.25, 0.3) is 11.3 Å². The molecule has 0 saturated carbocycles. The Hall–Kier alpha value is -4.18. The highest BCUT2D eigenvalue weighted by atomic mass is 35.5. The Morgan fingerprint density at radius 2 is 1.47 bits per heavy atom. The first-order valence-electron chi connectivity index (χ1n) is 11.3. The molecule has 1 heterocycles. The van der Waals surface area contributed by atoms with Crippen LogP contribution in [-0.4, -0.2) is 19.3 Å². The van der Waals surface area contributed by atoms with Crippen molar-refractivity contribution in [3.05, 3.63) is 119 Å². The molecule has 0 aliphatic rings. The van der Waals surface area contributed by atoms with E-state index in [4.69, 9.17) is 16.3 Å². The van der Waals surface area contributed by atoms with Gasteiger partial charge in [0.05, 0.1) is 21.8 Å². The molecule has 0 aliphatic carbocycles. The zero-order valence-electron chi connectivity index (χ0n) is 19.7. The monoisotopic (exact) mass is 561 g/mol. The van der Waals surface area contributed by atoms with Gasteiger partial charge in [0.25, 0.3) is 15.9 Å². The summed E-state index contributed by atoms with van der Waals surface area (Å²) in [4.78, 5) is 17.6. The van der Waals surface area contributed by atoms with Crippen LogP contribution in [0.5, 0.6) is 11.5 Å². The van der Waals surface area contributed by atoms with E-state index in [1.165, 1.54) is 47.7 Å². The summed E-state index contributed by atoms with van der Waals surface area (Å²) in [6.07, 6.45) is 0. The standard InChI is InChI=1S/C28H20ClN3O4S2/c29-20-12-16-23(17-13-20)38(34,35)32-25-9-5-4-8-24(25)27(33)31-28-30-26(18-37-28)19-10-14-22(15-11-19)36-21-6-2-1-3-7-21/h1-18,32H,(H,30,31,33). The number of carbonyl (C=O) groups excluding carboxylic acids is 1. The van der Waals surface area contributed by atoms with E-state index in [1.54, 1.807) is 12.1 Å². The molecule has 0 aliphatic heterocycles. The van der Waals surface area contributed by atoms with Gasteiger partial charge in [-0.3, -0.25) is 14.8 Å². The normalized spacial score (nSPS) is 11.1. The average molecular weight is 562 g/mol. The van der Waals surface area contributed by atoms with Crippen LogP contribution >= 0.6 is 22.9 Å². The van der Waals surface area contributed by atoms with Gasteiger partial charge >= 0.3 is 0 Å². The summed E-state index contributed by atoms with van der Waals surface area (Å²) >= 11 is 7.13. The number of benzene rings is 4. The third kappa shape index (κ3) is 6.03. The minimum atomic E-state index is -3.93. The molecule has 0 radical (unpaired) electrons. The molecule has 5 aromatic rings. The van der Waals surface area contributed by atoms with Gasteiger partial charge in [0.2, 0.25) is 0 Å². The molecule has 0 unspecified atom stereocenters. The Morgan fingerprint density at radius 3 is 2.21 bits per heavy atom. The number of carbonyl (C=O) groups is 1. The Bertz CT molecular complexity index is 1670. The Balaban J connectivity index is 1.28. The molecule has 7 nitrogen and oxygen atoms in total. The number of aromatic nitrogens is 1. The molecule has 10 heteroatoms. The molecular weight excluding hydrogens is 542 g/mol. The van der Waals surface area contributed by atoms with E-state index in [0.29, 0.717) is 21.6 Å². The fourth-order valence-corrected chi connectivity index (χ4v) is 5.45. The number of anilines is 2. The lowest BCUT2D eigenvalue weighted by Gasteiger charge is -2.12. The minimum Gasteiger partial charge on any atom is -0.457 e. The van der Waals surface area contributed by atoms with E-state index in [-0.39, 0.29) is 16.1 Å². The van der Waals surface area contributed by atoms with E-state index in [2.05, 4.69) is 15.0 Å². The molecule has 0 spiro atoms. The molecule has 1 amide bonds. The maximum Gasteiger partial charge on any atom is 0.261 e. The highest BCUT2D eigenvalue weighted by molar-refractivity contribution is 7.92. The fourth-order valence-electron chi connectivity index (χ4n) is 3.53. The SMILES string of the molecule is O=C(Nc1nc(-c2ccc(Oc3ccccc3)cc2)cs1)c1ccccc1NS(=O)(=O)c1ccc(Cl)cc1. The summed E-state index contributed by atoms with van der Waals surface area (Å²) in [5.41, 5.74) is 1.85. The number of hydrogen-bond acceptors (Lipinski definition) is 6. The fraction of sp³-hybridized carbons (Fsp3) is 0. The van der Waals surface area contributed by atoms with Gasteiger partial charge in [-0.2, -0.15) is 0 Å². The van der Waals surface area contributed by atoms with Crippen LogP contribution in [-0.2, 0) is 10.0 Å². The number of nitrogens with one attached hydrogen (secondary N) is 2. The molecule has 190 valence electrons. The molecular formula is C28H20ClN3O4S2. The van der Waals surface area contributed by atoms with Gasteiger partial charge in [-0.1, -0.05) is 41.9 Å². The molecule has 0 fully saturated rings. The third-order valence-corrected chi connectivity index (χ3v) is 7.78. The highest BCUT2D eigenvalue weighted by Gasteiger charge is 2.19. The second kappa shape index (κ2) is 11.1. The molecule has 1 aromatic heterocycles. The van der Waals surface area contributed by atoms with Crippen LogP contribution in [0.4, 0.5) is 10.8 Å². The molecule has 0 atom stereocenters. The van der Waals surface area contributed by atoms with E-state index in [9.17, 15) is 13.2 Å². The lowest BCUT2D eigenvalue weighted by atomic mass is 10.1. The predicted octanol–water partition coefficient (Wildman–Crippen LogP) is 7.31. The summed E-state index contributed by atoms with van der Waals surface area (Å²) < 4.78 is 34.0. The largest absolute Gasteiger partial charge is 0.457 e. The Kier molecular flexibility index (Phi) is 7.41. The van der Waals surface area contributed by atoms with Crippen LogP contribution in [0, 0.1) is 0 Å². The minimum absolute atomic E-state index is 0.0295. The van der Waals surface area contributed by atoms with E-state index in [1.807, 2.05) is 60.0 Å². The quantitative estimate of drug-likeness (QED) is 0.207. The van der Waals surface area contributed by atoms with E-state index in [0.717, 1.165) is 11.3 Å². The van der Waals surface area contributed by atoms with Crippen LogP contribution in [0.2, 0.25) is 5.02 Å². The number of sulfonamides is 1. The van der Waals surface area contributed by atoms with Crippen LogP contribution < -0.4 is 14.8 Å². The Morgan fingerprint density at radius 1 is 0.816 bits per heavy atom. The predicted molar refractivity (Wildman–Crippen MR) is 151 cm³/mol. The molecule has 2 N–H and O–H groups in total. The lowest BCUT2D eigenvalue weighted by Crippen LogP contribution is -2.18. The summed E-state index contributed by atoms with van der Waals surface area (Å²) in [6.45, 7) is 0. The first-order chi connectivity index (χ1) is 18.4. The average Bonchev–Trinajstić information content (AvgIpc) is 3.38. The molecule has 38 heavy (non-hydrogen) atoms. The van der Waals surface area contributed by atoms with Crippen LogP contribution in [0.1, 0.15) is 10.4 Å². The maximum atomic E-state index is 13.1. The molecule has 5 rings (SSSR count). The lowest BCUT2D eigenvalue weighted by molar-refractivity contribution is 0.102. The second-order valence-corrected chi connectivity index (χ2v) is 11.0. The summed E-state index contributed by atoms with van der Waals surface area (Å²) in [5, 5.41) is 5.39. The summed E-state index contributed by atoms with van der Waals surface area (Å²) in [7, 11) is -3.93. The molecule has 4 aromatic carbocycles. The number of para-hydroxylation sites is 2. The number of thiazole rings is 1. The topological polar surface area (TPSA) is 97.4 Å². The van der Waals surface area contributed by atoms with E-state index < -0.39 is 15.9 Å². The van der Waals surface area contributed by atoms with Gasteiger partial charge in [0.1, 0.15) is 11.5 Å².